The van der Waals surface area contributed by atoms with Crippen molar-refractivity contribution in [3.8, 4) is 0 Å². The largest absolute Gasteiger partial charge is 0.478 e. The van der Waals surface area contributed by atoms with Crippen molar-refractivity contribution in [1.82, 2.24) is 5.32 Å². The minimum Gasteiger partial charge on any atom is -0.478 e. The van der Waals surface area contributed by atoms with Crippen LogP contribution in [-0.2, 0) is 6.54 Å². The van der Waals surface area contributed by atoms with E-state index in [4.69, 9.17) is 4.42 Å². The molecule has 2 aromatic rings. The van der Waals surface area contributed by atoms with Crippen molar-refractivity contribution in [3.05, 3.63) is 35.6 Å². The number of hydrogen-bond donors (Lipinski definition) is 2. The summed E-state index contributed by atoms with van der Waals surface area (Å²) in [5.41, 5.74) is 1.10. The van der Waals surface area contributed by atoms with Crippen LogP contribution in [0.5, 0.6) is 0 Å². The molecular formula is C17H23NO3. The number of fused-ring (bicyclic) bond motifs is 1. The Morgan fingerprint density at radius 3 is 2.62 bits per heavy atom. The van der Waals surface area contributed by atoms with E-state index in [0.29, 0.717) is 29.2 Å². The number of hydrogen-bond acceptors (Lipinski definition) is 3. The van der Waals surface area contributed by atoms with Crippen LogP contribution in [0, 0.1) is 11.3 Å². The Kier molecular flexibility index (Phi) is 4.37. The van der Waals surface area contributed by atoms with Crippen molar-refractivity contribution in [3.63, 3.8) is 0 Å². The number of benzene rings is 1. The van der Waals surface area contributed by atoms with Crippen LogP contribution in [0.25, 0.3) is 11.0 Å². The average Bonchev–Trinajstić information content (AvgIpc) is 2.75. The van der Waals surface area contributed by atoms with Gasteiger partial charge in [0, 0.05) is 5.39 Å². The van der Waals surface area contributed by atoms with Gasteiger partial charge in [0.15, 0.2) is 0 Å². The number of furan rings is 1. The molecule has 0 aliphatic carbocycles. The van der Waals surface area contributed by atoms with E-state index in [0.717, 1.165) is 6.54 Å². The summed E-state index contributed by atoms with van der Waals surface area (Å²) >= 11 is 0. The standard InChI is InChI=1S/C17H23NO3/c1-11(17(2,3)4)9-18-10-14-15(16(19)20)12-7-5-6-8-13(12)21-14/h5-8,11,18H,9-10H2,1-4H3,(H,19,20). The molecule has 4 nitrogen and oxygen atoms in total. The highest BCUT2D eigenvalue weighted by Crippen LogP contribution is 2.27. The molecule has 21 heavy (non-hydrogen) atoms. The van der Waals surface area contributed by atoms with E-state index < -0.39 is 5.97 Å². The van der Waals surface area contributed by atoms with Crippen LogP contribution in [0.3, 0.4) is 0 Å². The van der Waals surface area contributed by atoms with Gasteiger partial charge in [0.25, 0.3) is 0 Å². The number of rotatable bonds is 5. The molecule has 2 N–H and O–H groups in total. The summed E-state index contributed by atoms with van der Waals surface area (Å²) in [5, 5.41) is 13.4. The maximum atomic E-state index is 11.5. The Morgan fingerprint density at radius 2 is 2.00 bits per heavy atom. The number of para-hydroxylation sites is 1. The fraction of sp³-hybridized carbons (Fsp3) is 0.471. The molecule has 0 radical (unpaired) electrons. The van der Waals surface area contributed by atoms with Crippen molar-refractivity contribution in [2.45, 2.75) is 34.2 Å². The molecule has 0 saturated heterocycles. The fourth-order valence-electron chi connectivity index (χ4n) is 2.16. The van der Waals surface area contributed by atoms with Gasteiger partial charge in [0.05, 0.1) is 6.54 Å². The molecule has 1 heterocycles. The van der Waals surface area contributed by atoms with E-state index in [2.05, 4.69) is 33.0 Å². The second-order valence-corrected chi connectivity index (χ2v) is 6.60. The van der Waals surface area contributed by atoms with E-state index in [1.807, 2.05) is 12.1 Å². The smallest absolute Gasteiger partial charge is 0.339 e. The average molecular weight is 289 g/mol. The molecule has 1 atom stereocenters. The van der Waals surface area contributed by atoms with Crippen molar-refractivity contribution >= 4 is 16.9 Å². The Labute approximate surface area is 125 Å². The first-order valence-electron chi connectivity index (χ1n) is 7.25. The Morgan fingerprint density at radius 1 is 1.33 bits per heavy atom. The summed E-state index contributed by atoms with van der Waals surface area (Å²) in [5.74, 6) is 0.0283. The van der Waals surface area contributed by atoms with E-state index in [1.54, 1.807) is 12.1 Å². The topological polar surface area (TPSA) is 62.5 Å². The highest BCUT2D eigenvalue weighted by molar-refractivity contribution is 6.03. The maximum absolute atomic E-state index is 11.5. The molecule has 0 aliphatic rings. The molecule has 0 aliphatic heterocycles. The van der Waals surface area contributed by atoms with Gasteiger partial charge in [0.2, 0.25) is 0 Å². The number of carboxylic acid groups (broad SMARTS) is 1. The normalized spacial score (nSPS) is 13.5. The monoisotopic (exact) mass is 289 g/mol. The number of nitrogens with one attached hydrogen (secondary N) is 1. The lowest BCUT2D eigenvalue weighted by Gasteiger charge is -2.27. The first-order valence-corrected chi connectivity index (χ1v) is 7.25. The summed E-state index contributed by atoms with van der Waals surface area (Å²) in [6.07, 6.45) is 0. The van der Waals surface area contributed by atoms with Crippen molar-refractivity contribution < 1.29 is 14.3 Å². The maximum Gasteiger partial charge on any atom is 0.339 e. The summed E-state index contributed by atoms with van der Waals surface area (Å²) < 4.78 is 5.68. The van der Waals surface area contributed by atoms with E-state index in [1.165, 1.54) is 0 Å². The van der Waals surface area contributed by atoms with Crippen LogP contribution >= 0.6 is 0 Å². The fourth-order valence-corrected chi connectivity index (χ4v) is 2.16. The SMILES string of the molecule is CC(CNCc1oc2ccccc2c1C(=O)O)C(C)(C)C. The predicted molar refractivity (Wildman–Crippen MR) is 83.5 cm³/mol. The molecular weight excluding hydrogens is 266 g/mol. The van der Waals surface area contributed by atoms with Crippen LogP contribution in [0.2, 0.25) is 0 Å². The van der Waals surface area contributed by atoms with Crippen molar-refractivity contribution in [1.29, 1.82) is 0 Å². The zero-order valence-corrected chi connectivity index (χ0v) is 13.1. The third-order valence-electron chi connectivity index (χ3n) is 4.10. The number of aromatic carboxylic acids is 1. The van der Waals surface area contributed by atoms with Gasteiger partial charge < -0.3 is 14.8 Å². The van der Waals surface area contributed by atoms with Crippen LogP contribution in [-0.4, -0.2) is 17.6 Å². The second-order valence-electron chi connectivity index (χ2n) is 6.60. The van der Waals surface area contributed by atoms with Gasteiger partial charge >= 0.3 is 5.97 Å². The summed E-state index contributed by atoms with van der Waals surface area (Å²) in [4.78, 5) is 11.5. The van der Waals surface area contributed by atoms with Crippen LogP contribution in [0.4, 0.5) is 0 Å². The summed E-state index contributed by atoms with van der Waals surface area (Å²) in [6.45, 7) is 10.0. The molecule has 0 bridgehead atoms. The Bertz CT molecular complexity index is 637. The molecule has 0 spiro atoms. The van der Waals surface area contributed by atoms with E-state index in [-0.39, 0.29) is 11.0 Å². The van der Waals surface area contributed by atoms with Crippen molar-refractivity contribution in [2.24, 2.45) is 11.3 Å². The minimum absolute atomic E-state index is 0.219. The first kappa shape index (κ1) is 15.6. The zero-order chi connectivity index (χ0) is 15.6. The van der Waals surface area contributed by atoms with Gasteiger partial charge in [-0.15, -0.1) is 0 Å². The Hall–Kier alpha value is -1.81. The van der Waals surface area contributed by atoms with Crippen molar-refractivity contribution in [2.75, 3.05) is 6.54 Å². The third kappa shape index (κ3) is 3.45. The quantitative estimate of drug-likeness (QED) is 0.876. The molecule has 1 aromatic heterocycles. The molecule has 1 aromatic carbocycles. The van der Waals surface area contributed by atoms with Gasteiger partial charge in [0.1, 0.15) is 16.9 Å². The molecule has 4 heteroatoms. The lowest BCUT2D eigenvalue weighted by Crippen LogP contribution is -2.29. The summed E-state index contributed by atoms with van der Waals surface area (Å²) in [6, 6.07) is 7.24. The van der Waals surface area contributed by atoms with Crippen LogP contribution in [0.15, 0.2) is 28.7 Å². The van der Waals surface area contributed by atoms with Gasteiger partial charge in [-0.3, -0.25) is 0 Å². The molecule has 2 rings (SSSR count). The Balaban J connectivity index is 2.15. The lowest BCUT2D eigenvalue weighted by atomic mass is 9.82. The van der Waals surface area contributed by atoms with Gasteiger partial charge in [-0.1, -0.05) is 45.9 Å². The van der Waals surface area contributed by atoms with E-state index in [9.17, 15) is 9.90 Å². The molecule has 1 unspecified atom stereocenters. The molecule has 0 saturated carbocycles. The molecule has 0 amide bonds. The van der Waals surface area contributed by atoms with Crippen LogP contribution < -0.4 is 5.32 Å². The van der Waals surface area contributed by atoms with Gasteiger partial charge in [-0.25, -0.2) is 4.79 Å². The number of carbonyl (C=O) groups is 1. The zero-order valence-electron chi connectivity index (χ0n) is 13.1. The number of carboxylic acids is 1. The first-order chi connectivity index (χ1) is 9.80. The highest BCUT2D eigenvalue weighted by atomic mass is 16.4. The van der Waals surface area contributed by atoms with Gasteiger partial charge in [-0.2, -0.15) is 0 Å². The van der Waals surface area contributed by atoms with E-state index >= 15 is 0 Å². The summed E-state index contributed by atoms with van der Waals surface area (Å²) in [7, 11) is 0. The molecule has 114 valence electrons. The predicted octanol–water partition coefficient (Wildman–Crippen LogP) is 3.90. The van der Waals surface area contributed by atoms with Gasteiger partial charge in [-0.05, 0) is 23.9 Å². The minimum atomic E-state index is -0.944. The molecule has 0 fully saturated rings. The third-order valence-corrected chi connectivity index (χ3v) is 4.10. The second kappa shape index (κ2) is 5.90. The highest BCUT2D eigenvalue weighted by Gasteiger charge is 2.22. The lowest BCUT2D eigenvalue weighted by molar-refractivity contribution is 0.0696. The van der Waals surface area contributed by atoms with Crippen LogP contribution in [0.1, 0.15) is 43.8 Å².